The van der Waals surface area contributed by atoms with Crippen molar-refractivity contribution in [1.82, 2.24) is 9.78 Å². The van der Waals surface area contributed by atoms with Crippen molar-refractivity contribution in [3.05, 3.63) is 82.0 Å². The highest BCUT2D eigenvalue weighted by molar-refractivity contribution is 7.94. The Morgan fingerprint density at radius 3 is 2.65 bits per heavy atom. The summed E-state index contributed by atoms with van der Waals surface area (Å²) in [4.78, 5) is 33.0. The lowest BCUT2D eigenvalue weighted by Crippen LogP contribution is -2.49. The van der Waals surface area contributed by atoms with Crippen LogP contribution >= 0.6 is 11.6 Å². The number of methoxy groups -OCH3 is 2. The van der Waals surface area contributed by atoms with Crippen LogP contribution < -0.4 is 14.5 Å². The van der Waals surface area contributed by atoms with Crippen LogP contribution in [-0.2, 0) is 38.1 Å². The lowest BCUT2D eigenvalue weighted by Gasteiger charge is -2.46. The molecule has 2 aliphatic carbocycles. The van der Waals surface area contributed by atoms with E-state index in [2.05, 4.69) is 43.5 Å². The predicted molar refractivity (Wildman–Crippen MR) is 225 cm³/mol. The van der Waals surface area contributed by atoms with Gasteiger partial charge in [-0.2, -0.15) is 9.46 Å². The van der Waals surface area contributed by atoms with Gasteiger partial charge < -0.3 is 24.0 Å². The van der Waals surface area contributed by atoms with Gasteiger partial charge >= 0.3 is 0 Å². The monoisotopic (exact) mass is 817 g/mol. The Bertz CT molecular complexity index is 2160. The fourth-order valence-corrected chi connectivity index (χ4v) is 12.4. The van der Waals surface area contributed by atoms with Crippen molar-refractivity contribution in [2.24, 2.45) is 29.2 Å². The molecule has 1 amide bonds. The van der Waals surface area contributed by atoms with Gasteiger partial charge in [-0.1, -0.05) is 36.7 Å². The van der Waals surface area contributed by atoms with E-state index in [0.29, 0.717) is 60.6 Å². The van der Waals surface area contributed by atoms with E-state index >= 15 is 4.21 Å². The molecule has 2 aromatic carbocycles. The highest BCUT2D eigenvalue weighted by Crippen LogP contribution is 2.47. The van der Waals surface area contributed by atoms with E-state index in [-0.39, 0.29) is 40.8 Å². The Morgan fingerprint density at radius 2 is 1.89 bits per heavy atom. The van der Waals surface area contributed by atoms with E-state index in [1.807, 2.05) is 25.1 Å². The minimum Gasteiger partial charge on any atom is -0.490 e. The quantitative estimate of drug-likeness (QED) is 0.187. The molecule has 5 aliphatic rings. The van der Waals surface area contributed by atoms with Crippen LogP contribution in [-0.4, -0.2) is 96.4 Å². The number of allylic oxidation sites excluding steroid dienone is 1. The fraction of sp³-hybridized carbons (Fsp3) is 0.568. The van der Waals surface area contributed by atoms with Gasteiger partial charge in [-0.15, -0.1) is 0 Å². The van der Waals surface area contributed by atoms with E-state index in [0.717, 1.165) is 68.7 Å². The van der Waals surface area contributed by atoms with Crippen LogP contribution in [0.3, 0.4) is 0 Å². The number of nitrogens with zero attached hydrogens (tertiary/aromatic N) is 5. The third-order valence-corrected chi connectivity index (χ3v) is 15.6. The minimum atomic E-state index is -3.36. The zero-order chi connectivity index (χ0) is 39.9. The van der Waals surface area contributed by atoms with Crippen LogP contribution in [0, 0.1) is 17.8 Å². The van der Waals surface area contributed by atoms with Crippen LogP contribution in [0.25, 0.3) is 0 Å². The largest absolute Gasteiger partial charge is 0.490 e. The number of halogens is 1. The number of carbonyl (C=O) groups is 2. The van der Waals surface area contributed by atoms with Gasteiger partial charge in [0.2, 0.25) is 0 Å². The van der Waals surface area contributed by atoms with Crippen LogP contribution in [0.2, 0.25) is 5.02 Å². The Morgan fingerprint density at radius 1 is 1.07 bits per heavy atom. The molecule has 13 heteroatoms. The maximum atomic E-state index is 15.1. The highest BCUT2D eigenvalue weighted by Gasteiger charge is 2.44. The number of benzene rings is 2. The van der Waals surface area contributed by atoms with Crippen molar-refractivity contribution in [3.63, 3.8) is 0 Å². The zero-order valence-corrected chi connectivity index (χ0v) is 35.2. The fourth-order valence-electron chi connectivity index (χ4n) is 9.96. The molecule has 306 valence electrons. The lowest BCUT2D eigenvalue weighted by molar-refractivity contribution is 0.0131. The summed E-state index contributed by atoms with van der Waals surface area (Å²) in [6.07, 6.45) is 13.5. The number of anilines is 2. The smallest absolute Gasteiger partial charge is 0.285 e. The number of aryl methyl sites for hydroxylation is 2. The molecule has 3 aromatic rings. The molecule has 4 heterocycles. The van der Waals surface area contributed by atoms with E-state index in [4.69, 9.17) is 25.8 Å². The summed E-state index contributed by atoms with van der Waals surface area (Å²) in [6.45, 7) is 5.41. The summed E-state index contributed by atoms with van der Waals surface area (Å²) in [5, 5.41) is 5.39. The molecule has 1 saturated heterocycles. The van der Waals surface area contributed by atoms with Gasteiger partial charge in [-0.05, 0) is 111 Å². The number of piperidine rings is 1. The van der Waals surface area contributed by atoms with Gasteiger partial charge in [0.1, 0.15) is 5.75 Å². The average molecular weight is 818 g/mol. The van der Waals surface area contributed by atoms with Crippen molar-refractivity contribution < 1.29 is 28.0 Å². The summed E-state index contributed by atoms with van der Waals surface area (Å²) in [6, 6.07) is 11.7. The molecule has 57 heavy (non-hydrogen) atoms. The van der Waals surface area contributed by atoms with Crippen molar-refractivity contribution in [1.29, 1.82) is 0 Å². The number of amides is 1. The second kappa shape index (κ2) is 16.5. The number of rotatable bonds is 6. The number of ketones is 1. The third-order valence-electron chi connectivity index (χ3n) is 13.1. The molecule has 0 N–H and O–H groups in total. The molecule has 6 atom stereocenters. The third kappa shape index (κ3) is 8.29. The standard InChI is InChI=1S/C44H56ClN5O6S/c1-29-7-5-9-40(55-4)35-13-10-32(35)23-50-27-44(18-6-8-30-21-33(45)12-14-37(30)44)28-56-41-15-11-31(22-38(41)50)43(52)47-57(53,25-29)26-39(51)36-24-48(2)46-42(36)49-19-16-34(54-3)17-20-49/h5,9,11-12,14-15,21-22,24,29,32,34-35,40H,6-8,10,13,16-20,23,25-28H2,1-4H3/b9-5+/t29-,32-,35+,40-,44-,57+/m0/s1. The molecule has 8 rings (SSSR count). The number of Topliss-reactive ketones (excluding diaryl/α,β-unsaturated/α-hetero) is 1. The van der Waals surface area contributed by atoms with Crippen molar-refractivity contribution in [2.45, 2.75) is 75.9 Å². The van der Waals surface area contributed by atoms with Crippen LogP contribution in [0.1, 0.15) is 83.7 Å². The molecule has 1 spiro atoms. The van der Waals surface area contributed by atoms with Gasteiger partial charge in [0.25, 0.3) is 5.91 Å². The number of aromatic nitrogens is 2. The van der Waals surface area contributed by atoms with Gasteiger partial charge in [0, 0.05) is 75.4 Å². The lowest BCUT2D eigenvalue weighted by atomic mass is 9.68. The SMILES string of the molecule is COC1CCN(c2nn(C)cc2C(=O)C[S@@]2(=O)=NC(=O)c3ccc4c(c3)N(C[C@@H]3CC[C@H]3[C@@H](OC)/C=C/C[C@H](C)C2)C[C@@]2(CCCc3cc(Cl)ccc32)CO4)CC1. The Labute approximate surface area is 342 Å². The van der Waals surface area contributed by atoms with Gasteiger partial charge in [-0.25, -0.2) is 4.21 Å². The molecule has 3 aliphatic heterocycles. The molecular weight excluding hydrogens is 762 g/mol. The first-order chi connectivity index (χ1) is 27.5. The first kappa shape index (κ1) is 40.1. The number of ether oxygens (including phenoxy) is 3. The van der Waals surface area contributed by atoms with Crippen LogP contribution in [0.15, 0.2) is 59.1 Å². The first-order valence-electron chi connectivity index (χ1n) is 20.6. The molecule has 11 nitrogen and oxygen atoms in total. The number of hydrogen-bond acceptors (Lipinski definition) is 9. The zero-order valence-electron chi connectivity index (χ0n) is 33.7. The average Bonchev–Trinajstić information content (AvgIpc) is 3.51. The van der Waals surface area contributed by atoms with Gasteiger partial charge in [-0.3, -0.25) is 14.3 Å². The van der Waals surface area contributed by atoms with Crippen molar-refractivity contribution in [2.75, 3.05) is 68.3 Å². The number of carbonyl (C=O) groups excluding carboxylic acids is 2. The topological polar surface area (TPSA) is 116 Å². The minimum absolute atomic E-state index is 0.0560. The first-order valence-corrected chi connectivity index (χ1v) is 22.8. The Hall–Kier alpha value is -3.71. The Balaban J connectivity index is 1.16. The van der Waals surface area contributed by atoms with Crippen LogP contribution in [0.5, 0.6) is 5.75 Å². The molecule has 0 unspecified atom stereocenters. The second-order valence-electron chi connectivity index (χ2n) is 17.1. The van der Waals surface area contributed by atoms with Crippen molar-refractivity contribution in [3.8, 4) is 5.75 Å². The van der Waals surface area contributed by atoms with Gasteiger partial charge in [0.15, 0.2) is 11.6 Å². The Kier molecular flexibility index (Phi) is 11.6. The molecule has 2 bridgehead atoms. The molecule has 0 radical (unpaired) electrons. The summed E-state index contributed by atoms with van der Waals surface area (Å²) < 4.78 is 39.6. The molecule has 1 aromatic heterocycles. The van der Waals surface area contributed by atoms with Gasteiger partial charge in [0.05, 0.1) is 45.5 Å². The predicted octanol–water partition coefficient (Wildman–Crippen LogP) is 7.29. The summed E-state index contributed by atoms with van der Waals surface area (Å²) in [5.41, 5.74) is 3.85. The van der Waals surface area contributed by atoms with E-state index < -0.39 is 15.6 Å². The normalized spacial score (nSPS) is 30.0. The highest BCUT2D eigenvalue weighted by atomic mass is 35.5. The van der Waals surface area contributed by atoms with Crippen LogP contribution in [0.4, 0.5) is 11.5 Å². The summed E-state index contributed by atoms with van der Waals surface area (Å²) >= 11 is 6.49. The molecule has 2 fully saturated rings. The van der Waals surface area contributed by atoms with E-state index in [1.165, 1.54) is 11.1 Å². The maximum Gasteiger partial charge on any atom is 0.285 e. The van der Waals surface area contributed by atoms with E-state index in [9.17, 15) is 9.59 Å². The molecular formula is C44H56ClN5O6S. The summed E-state index contributed by atoms with van der Waals surface area (Å²) in [7, 11) is 1.92. The maximum absolute atomic E-state index is 15.1. The number of hydrogen-bond donors (Lipinski definition) is 0. The molecule has 1 saturated carbocycles. The second-order valence-corrected chi connectivity index (χ2v) is 19.9. The number of fused-ring (bicyclic) bond motifs is 4. The van der Waals surface area contributed by atoms with E-state index in [1.54, 1.807) is 38.2 Å². The van der Waals surface area contributed by atoms with Crippen molar-refractivity contribution >= 4 is 44.5 Å². The summed E-state index contributed by atoms with van der Waals surface area (Å²) in [5.74, 6) is 0.705.